The smallest absolute Gasteiger partial charge is 0.744 e. The molecule has 1 N–H and O–H groups in total. The number of rotatable bonds is 16. The third kappa shape index (κ3) is 15.1. The third-order valence-electron chi connectivity index (χ3n) is 4.54. The topological polar surface area (TPSA) is 95.5 Å². The van der Waals surface area contributed by atoms with Crippen LogP contribution in [0, 0.1) is 0 Å². The van der Waals surface area contributed by atoms with E-state index >= 15 is 0 Å². The molecule has 29 heavy (non-hydrogen) atoms. The van der Waals surface area contributed by atoms with Gasteiger partial charge in [0.15, 0.2) is 0 Å². The molecular weight excluding hydrogens is 401 g/mol. The molecule has 0 unspecified atom stereocenters. The number of hydrogen-bond donors (Lipinski definition) is 1. The molecule has 160 valence electrons. The van der Waals surface area contributed by atoms with Crippen LogP contribution >= 0.6 is 0 Å². The summed E-state index contributed by atoms with van der Waals surface area (Å²) in [5.41, 5.74) is 0. The second-order valence-electron chi connectivity index (χ2n) is 7.08. The second-order valence-corrected chi connectivity index (χ2v) is 8.46. The maximum Gasteiger partial charge on any atom is 1.00 e. The van der Waals surface area contributed by atoms with Crippen molar-refractivity contribution in [2.45, 2.75) is 82.4 Å². The van der Waals surface area contributed by atoms with Gasteiger partial charge in [0.05, 0.1) is 4.90 Å². The molecule has 6 nitrogen and oxygen atoms in total. The molecule has 0 aliphatic rings. The first-order valence-electron chi connectivity index (χ1n) is 10.4. The Labute approximate surface area is 198 Å². The van der Waals surface area contributed by atoms with E-state index in [0.717, 1.165) is 44.5 Å². The van der Waals surface area contributed by atoms with Crippen LogP contribution in [0.3, 0.4) is 0 Å². The molecule has 0 atom stereocenters. The van der Waals surface area contributed by atoms with Crippen molar-refractivity contribution in [1.29, 1.82) is 0 Å². The van der Waals surface area contributed by atoms with Crippen molar-refractivity contribution in [3.8, 4) is 5.75 Å². The van der Waals surface area contributed by atoms with Gasteiger partial charge in [-0.3, -0.25) is 4.79 Å². The number of benzene rings is 1. The van der Waals surface area contributed by atoms with E-state index in [9.17, 15) is 17.8 Å². The Morgan fingerprint density at radius 3 is 1.97 bits per heavy atom. The van der Waals surface area contributed by atoms with Gasteiger partial charge in [-0.2, -0.15) is 0 Å². The van der Waals surface area contributed by atoms with E-state index in [1.165, 1.54) is 57.1 Å². The molecule has 0 heterocycles. The zero-order valence-corrected chi connectivity index (χ0v) is 20.8. The Hall–Kier alpha value is -0.440. The van der Waals surface area contributed by atoms with Crippen LogP contribution in [0.4, 0.5) is 0 Å². The molecule has 0 aliphatic heterocycles. The van der Waals surface area contributed by atoms with E-state index in [0.29, 0.717) is 6.42 Å². The predicted octanol–water partition coefficient (Wildman–Crippen LogP) is 1.40. The predicted molar refractivity (Wildman–Crippen MR) is 109 cm³/mol. The van der Waals surface area contributed by atoms with Crippen molar-refractivity contribution in [2.24, 2.45) is 0 Å². The van der Waals surface area contributed by atoms with Crippen molar-refractivity contribution in [3.63, 3.8) is 0 Å². The van der Waals surface area contributed by atoms with Gasteiger partial charge < -0.3 is 14.6 Å². The molecule has 0 bridgehead atoms. The summed E-state index contributed by atoms with van der Waals surface area (Å²) in [6.07, 6.45) is 12.3. The van der Waals surface area contributed by atoms with Crippen LogP contribution in [-0.4, -0.2) is 32.0 Å². The van der Waals surface area contributed by atoms with E-state index in [4.69, 9.17) is 4.74 Å². The average molecular weight is 436 g/mol. The van der Waals surface area contributed by atoms with Crippen LogP contribution in [0.2, 0.25) is 0 Å². The summed E-state index contributed by atoms with van der Waals surface area (Å²) >= 11 is 0. The van der Waals surface area contributed by atoms with Crippen molar-refractivity contribution >= 4 is 16.1 Å². The van der Waals surface area contributed by atoms with Gasteiger partial charge in [0.25, 0.3) is 0 Å². The summed E-state index contributed by atoms with van der Waals surface area (Å²) in [5, 5.41) is 3.44. The van der Waals surface area contributed by atoms with Crippen LogP contribution in [0.15, 0.2) is 29.2 Å². The number of esters is 1. The van der Waals surface area contributed by atoms with E-state index in [-0.39, 0.29) is 46.2 Å². The van der Waals surface area contributed by atoms with Crippen molar-refractivity contribution in [2.75, 3.05) is 13.1 Å². The Kier molecular flexibility index (Phi) is 17.0. The summed E-state index contributed by atoms with van der Waals surface area (Å²) in [5.74, 6) is -0.109. The molecule has 1 rings (SSSR count). The minimum absolute atomic E-state index is 0. The summed E-state index contributed by atoms with van der Waals surface area (Å²) in [6, 6.07) is 4.91. The van der Waals surface area contributed by atoms with Crippen LogP contribution in [0.5, 0.6) is 5.75 Å². The van der Waals surface area contributed by atoms with Gasteiger partial charge in [-0.25, -0.2) is 8.42 Å². The number of nitrogens with one attached hydrogen (secondary N) is 1. The Bertz CT molecular complexity index is 650. The maximum absolute atomic E-state index is 11.8. The number of carbonyl (C=O) groups is 1. The standard InChI is InChI=1S/C21H35NO5S.Na/c1-2-3-4-5-6-7-10-17-22-18-11-8-9-12-21(23)27-19-13-15-20(16-14-19)28(24,25)26;/h13-16,22H,2-12,17-18H2,1H3,(H,24,25,26);/q;+1/p-1. The minimum Gasteiger partial charge on any atom is -0.744 e. The third-order valence-corrected chi connectivity index (χ3v) is 5.39. The first kappa shape index (κ1) is 28.6. The zero-order valence-electron chi connectivity index (χ0n) is 18.0. The molecule has 0 saturated carbocycles. The Morgan fingerprint density at radius 1 is 0.897 bits per heavy atom. The molecule has 0 aromatic heterocycles. The second kappa shape index (κ2) is 17.3. The largest absolute Gasteiger partial charge is 1.00 e. The first-order chi connectivity index (χ1) is 13.4. The molecule has 0 saturated heterocycles. The number of carbonyl (C=O) groups excluding carboxylic acids is 1. The zero-order chi connectivity index (χ0) is 20.7. The molecule has 0 radical (unpaired) electrons. The average Bonchev–Trinajstić information content (AvgIpc) is 2.65. The van der Waals surface area contributed by atoms with Crippen LogP contribution in [0.25, 0.3) is 0 Å². The SMILES string of the molecule is CCCCCCCCCNCCCCCC(=O)Oc1ccc(S(=O)(=O)[O-])cc1.[Na+]. The fourth-order valence-corrected chi connectivity index (χ4v) is 3.35. The molecule has 1 aromatic rings. The van der Waals surface area contributed by atoms with Gasteiger partial charge in [-0.05, 0) is 56.6 Å². The van der Waals surface area contributed by atoms with E-state index in [1.807, 2.05) is 0 Å². The number of ether oxygens (including phenoxy) is 1. The molecule has 1 aromatic carbocycles. The van der Waals surface area contributed by atoms with Crippen LogP contribution < -0.4 is 39.6 Å². The van der Waals surface area contributed by atoms with Crippen molar-refractivity contribution in [3.05, 3.63) is 24.3 Å². The maximum atomic E-state index is 11.8. The fraction of sp³-hybridized carbons (Fsp3) is 0.667. The van der Waals surface area contributed by atoms with Gasteiger partial charge in [0.2, 0.25) is 0 Å². The van der Waals surface area contributed by atoms with Crippen molar-refractivity contribution in [1.82, 2.24) is 5.32 Å². The van der Waals surface area contributed by atoms with Crippen LogP contribution in [-0.2, 0) is 14.9 Å². The van der Waals surface area contributed by atoms with E-state index in [2.05, 4.69) is 12.2 Å². The molecule has 0 spiro atoms. The molecule has 0 amide bonds. The van der Waals surface area contributed by atoms with Crippen molar-refractivity contribution < 1.29 is 52.1 Å². The Balaban J connectivity index is 0.00000784. The number of unbranched alkanes of at least 4 members (excludes halogenated alkanes) is 8. The Morgan fingerprint density at radius 2 is 1.41 bits per heavy atom. The number of hydrogen-bond acceptors (Lipinski definition) is 6. The summed E-state index contributed by atoms with van der Waals surface area (Å²) in [6.45, 7) is 4.26. The fourth-order valence-electron chi connectivity index (χ4n) is 2.89. The minimum atomic E-state index is -4.48. The molecule has 8 heteroatoms. The molecular formula is C21H34NNaO5S. The molecule has 0 aliphatic carbocycles. The summed E-state index contributed by atoms with van der Waals surface area (Å²) < 4.78 is 37.7. The molecule has 0 fully saturated rings. The summed E-state index contributed by atoms with van der Waals surface area (Å²) in [7, 11) is -4.48. The quantitative estimate of drug-likeness (QED) is 0.139. The van der Waals surface area contributed by atoms with Gasteiger partial charge in [0.1, 0.15) is 15.9 Å². The van der Waals surface area contributed by atoms with Gasteiger partial charge in [0, 0.05) is 6.42 Å². The van der Waals surface area contributed by atoms with E-state index in [1.54, 1.807) is 0 Å². The van der Waals surface area contributed by atoms with Gasteiger partial charge >= 0.3 is 35.5 Å². The van der Waals surface area contributed by atoms with Gasteiger partial charge in [-0.1, -0.05) is 51.9 Å². The first-order valence-corrected chi connectivity index (χ1v) is 11.8. The van der Waals surface area contributed by atoms with E-state index < -0.39 is 10.1 Å². The normalized spacial score (nSPS) is 11.1. The summed E-state index contributed by atoms with van der Waals surface area (Å²) in [4.78, 5) is 11.4. The van der Waals surface area contributed by atoms with Crippen LogP contribution in [0.1, 0.15) is 77.6 Å². The monoisotopic (exact) mass is 435 g/mol. The van der Waals surface area contributed by atoms with Gasteiger partial charge in [-0.15, -0.1) is 0 Å².